The second-order valence-electron chi connectivity index (χ2n) is 5.24. The van der Waals surface area contributed by atoms with E-state index in [1.54, 1.807) is 17.6 Å². The zero-order chi connectivity index (χ0) is 18.5. The molecule has 1 aliphatic rings. The smallest absolute Gasteiger partial charge is 0.331 e. The Morgan fingerprint density at radius 1 is 1.23 bits per heavy atom. The highest BCUT2D eigenvalue weighted by Crippen LogP contribution is 2.29. The highest BCUT2D eigenvalue weighted by molar-refractivity contribution is 8.18. The Balaban J connectivity index is 1.78. The maximum atomic E-state index is 11.8. The van der Waals surface area contributed by atoms with Crippen molar-refractivity contribution in [2.45, 2.75) is 6.92 Å². The maximum absolute atomic E-state index is 11.8. The van der Waals surface area contributed by atoms with E-state index >= 15 is 0 Å². The van der Waals surface area contributed by atoms with E-state index in [-0.39, 0.29) is 4.91 Å². The molecule has 1 amide bonds. The number of carbonyl (C=O) groups excluding carboxylic acids is 2. The first-order valence-electron chi connectivity index (χ1n) is 7.62. The van der Waals surface area contributed by atoms with Crippen molar-refractivity contribution in [3.8, 4) is 10.4 Å². The number of nitrogens with one attached hydrogen (secondary N) is 1. The molecule has 2 aromatic rings. The van der Waals surface area contributed by atoms with Crippen molar-refractivity contribution in [2.75, 3.05) is 7.11 Å². The first-order valence-corrected chi connectivity index (χ1v) is 9.26. The van der Waals surface area contributed by atoms with Crippen molar-refractivity contribution in [1.82, 2.24) is 5.32 Å². The van der Waals surface area contributed by atoms with Gasteiger partial charge in [-0.15, -0.1) is 16.4 Å². The van der Waals surface area contributed by atoms with Crippen LogP contribution in [0.3, 0.4) is 0 Å². The molecule has 8 heteroatoms. The molecule has 3 rings (SSSR count). The Hall–Kier alpha value is -2.71. The van der Waals surface area contributed by atoms with Crippen molar-refractivity contribution < 1.29 is 14.3 Å². The van der Waals surface area contributed by atoms with E-state index < -0.39 is 11.9 Å². The molecule has 0 spiro atoms. The van der Waals surface area contributed by atoms with Gasteiger partial charge >= 0.3 is 5.97 Å². The van der Waals surface area contributed by atoms with Crippen LogP contribution < -0.4 is 5.32 Å². The molecule has 2 heterocycles. The van der Waals surface area contributed by atoms with E-state index in [1.165, 1.54) is 12.0 Å². The molecule has 1 N–H and O–H groups in total. The summed E-state index contributed by atoms with van der Waals surface area (Å²) in [6.07, 6.45) is 2.77. The fraction of sp³-hybridized carbons (Fsp3) is 0.111. The molecule has 1 aromatic carbocycles. The number of thiophene rings is 1. The number of aryl methyl sites for hydroxylation is 1. The number of thioether (sulfide) groups is 1. The number of amides is 1. The fourth-order valence-electron chi connectivity index (χ4n) is 2.20. The van der Waals surface area contributed by atoms with Crippen molar-refractivity contribution >= 4 is 46.4 Å². The molecule has 1 aromatic heterocycles. The quantitative estimate of drug-likeness (QED) is 0.379. The minimum absolute atomic E-state index is 0.222. The van der Waals surface area contributed by atoms with Crippen LogP contribution in [0.2, 0.25) is 0 Å². The molecule has 6 nitrogen and oxygen atoms in total. The Morgan fingerprint density at radius 2 is 2.04 bits per heavy atom. The minimum Gasteiger partial charge on any atom is -0.466 e. The molecule has 26 heavy (non-hydrogen) atoms. The summed E-state index contributed by atoms with van der Waals surface area (Å²) in [6, 6.07) is 12.1. The molecule has 0 bridgehead atoms. The molecule has 1 aliphatic heterocycles. The predicted molar refractivity (Wildman–Crippen MR) is 105 cm³/mol. The molecule has 0 radical (unpaired) electrons. The van der Waals surface area contributed by atoms with Crippen LogP contribution in [0.5, 0.6) is 0 Å². The van der Waals surface area contributed by atoms with E-state index in [1.807, 2.05) is 24.3 Å². The van der Waals surface area contributed by atoms with Crippen LogP contribution in [0.25, 0.3) is 10.4 Å². The number of amidine groups is 1. The zero-order valence-corrected chi connectivity index (χ0v) is 15.7. The highest BCUT2D eigenvalue weighted by Gasteiger charge is 2.25. The summed E-state index contributed by atoms with van der Waals surface area (Å²) in [7, 11) is 1.25. The van der Waals surface area contributed by atoms with Gasteiger partial charge in [-0.2, -0.15) is 5.10 Å². The Morgan fingerprint density at radius 3 is 2.77 bits per heavy atom. The SMILES string of the molecule is COC(=O)/C=C1/S/C(=N\N=Cc2ccccc2-c2ccc(C)s2)NC1=O. The van der Waals surface area contributed by atoms with Crippen LogP contribution in [0.15, 0.2) is 57.6 Å². The summed E-state index contributed by atoms with van der Waals surface area (Å²) >= 11 is 2.75. The number of benzene rings is 1. The summed E-state index contributed by atoms with van der Waals surface area (Å²) in [6.45, 7) is 2.07. The van der Waals surface area contributed by atoms with Crippen molar-refractivity contribution in [3.05, 3.63) is 57.8 Å². The van der Waals surface area contributed by atoms with E-state index in [0.29, 0.717) is 5.17 Å². The van der Waals surface area contributed by atoms with Gasteiger partial charge in [0.05, 0.1) is 18.2 Å². The number of methoxy groups -OCH3 is 1. The third kappa shape index (κ3) is 4.27. The number of carbonyl (C=O) groups is 2. The Kier molecular flexibility index (Phi) is 5.65. The lowest BCUT2D eigenvalue weighted by atomic mass is 10.1. The lowest BCUT2D eigenvalue weighted by Crippen LogP contribution is -2.19. The maximum Gasteiger partial charge on any atom is 0.331 e. The van der Waals surface area contributed by atoms with Gasteiger partial charge in [-0.1, -0.05) is 24.3 Å². The van der Waals surface area contributed by atoms with Crippen LogP contribution in [0.4, 0.5) is 0 Å². The second kappa shape index (κ2) is 8.11. The topological polar surface area (TPSA) is 80.1 Å². The van der Waals surface area contributed by atoms with Crippen LogP contribution in [0, 0.1) is 6.92 Å². The van der Waals surface area contributed by atoms with E-state index in [4.69, 9.17) is 0 Å². The molecular weight excluding hydrogens is 370 g/mol. The number of esters is 1. The first kappa shape index (κ1) is 18.1. The predicted octanol–water partition coefficient (Wildman–Crippen LogP) is 3.33. The zero-order valence-electron chi connectivity index (χ0n) is 14.1. The summed E-state index contributed by atoms with van der Waals surface area (Å²) < 4.78 is 4.51. The number of ether oxygens (including phenoxy) is 1. The highest BCUT2D eigenvalue weighted by atomic mass is 32.2. The molecule has 0 unspecified atom stereocenters. The number of nitrogens with zero attached hydrogens (tertiary/aromatic N) is 2. The lowest BCUT2D eigenvalue weighted by Gasteiger charge is -2.01. The van der Waals surface area contributed by atoms with E-state index in [0.717, 1.165) is 33.8 Å². The van der Waals surface area contributed by atoms with Crippen LogP contribution >= 0.6 is 23.1 Å². The third-order valence-electron chi connectivity index (χ3n) is 3.41. The second-order valence-corrected chi connectivity index (χ2v) is 7.55. The standard InChI is InChI=1S/C18H15N3O3S2/c1-11-7-8-14(25-11)13-6-4-3-5-12(13)10-19-21-18-20-17(23)15(26-18)9-16(22)24-2/h3-10H,1-2H3,(H,20,21,23)/b15-9+,19-10?. The first-order chi connectivity index (χ1) is 12.6. The number of hydrogen-bond donors (Lipinski definition) is 1. The van der Waals surface area contributed by atoms with Gasteiger partial charge in [0.1, 0.15) is 0 Å². The fourth-order valence-corrected chi connectivity index (χ4v) is 3.85. The summed E-state index contributed by atoms with van der Waals surface area (Å²) in [5.74, 6) is -0.989. The van der Waals surface area contributed by atoms with Gasteiger partial charge in [-0.25, -0.2) is 4.79 Å². The summed E-state index contributed by atoms with van der Waals surface area (Å²) in [5.41, 5.74) is 2.00. The minimum atomic E-state index is -0.590. The molecule has 1 saturated heterocycles. The molecular formula is C18H15N3O3S2. The molecule has 0 atom stereocenters. The Labute approximate surface area is 158 Å². The average Bonchev–Trinajstić information content (AvgIpc) is 3.21. The molecule has 0 saturated carbocycles. The van der Waals surface area contributed by atoms with Crippen molar-refractivity contribution in [2.24, 2.45) is 10.2 Å². The average molecular weight is 385 g/mol. The monoisotopic (exact) mass is 385 g/mol. The van der Waals surface area contributed by atoms with Crippen LogP contribution in [-0.4, -0.2) is 30.4 Å². The lowest BCUT2D eigenvalue weighted by molar-refractivity contribution is -0.135. The number of hydrogen-bond acceptors (Lipinski definition) is 7. The van der Waals surface area contributed by atoms with Gasteiger partial charge in [-0.05, 0) is 30.8 Å². The molecule has 1 fully saturated rings. The van der Waals surface area contributed by atoms with Gasteiger partial charge in [0.2, 0.25) is 0 Å². The normalized spacial score (nSPS) is 17.2. The largest absolute Gasteiger partial charge is 0.466 e. The van der Waals surface area contributed by atoms with Crippen LogP contribution in [0.1, 0.15) is 10.4 Å². The Bertz CT molecular complexity index is 945. The molecule has 132 valence electrons. The van der Waals surface area contributed by atoms with Gasteiger partial charge in [0.25, 0.3) is 5.91 Å². The molecule has 0 aliphatic carbocycles. The third-order valence-corrected chi connectivity index (χ3v) is 5.35. The van der Waals surface area contributed by atoms with E-state index in [2.05, 4.69) is 39.3 Å². The van der Waals surface area contributed by atoms with Gasteiger partial charge in [-0.3, -0.25) is 10.1 Å². The van der Waals surface area contributed by atoms with Gasteiger partial charge in [0.15, 0.2) is 5.17 Å². The van der Waals surface area contributed by atoms with Gasteiger partial charge in [0, 0.05) is 27.0 Å². The van der Waals surface area contributed by atoms with Crippen molar-refractivity contribution in [1.29, 1.82) is 0 Å². The van der Waals surface area contributed by atoms with Crippen molar-refractivity contribution in [3.63, 3.8) is 0 Å². The van der Waals surface area contributed by atoms with E-state index in [9.17, 15) is 9.59 Å². The van der Waals surface area contributed by atoms with Gasteiger partial charge < -0.3 is 4.74 Å². The number of rotatable bonds is 4. The summed E-state index contributed by atoms with van der Waals surface area (Å²) in [5, 5.41) is 11.0. The van der Waals surface area contributed by atoms with Crippen LogP contribution in [-0.2, 0) is 14.3 Å². The summed E-state index contributed by atoms with van der Waals surface area (Å²) in [4.78, 5) is 25.6.